The number of urea groups is 1. The van der Waals surface area contributed by atoms with Crippen LogP contribution in [-0.2, 0) is 16.5 Å². The summed E-state index contributed by atoms with van der Waals surface area (Å²) in [5.74, 6) is 0.515. The SMILES string of the molecule is COc1ccc(-c2cnn(C)c2)c2nc(NC(=O)N3CCC4(CC3)OCCO4)[nH]c12. The minimum absolute atomic E-state index is 0.205. The molecule has 0 aliphatic carbocycles. The first-order chi connectivity index (χ1) is 14.6. The predicted molar refractivity (Wildman–Crippen MR) is 109 cm³/mol. The Balaban J connectivity index is 1.37. The van der Waals surface area contributed by atoms with Crippen LogP contribution in [0.5, 0.6) is 5.75 Å². The van der Waals surface area contributed by atoms with Crippen LogP contribution >= 0.6 is 0 Å². The van der Waals surface area contributed by atoms with Crippen molar-refractivity contribution in [3.63, 3.8) is 0 Å². The first-order valence-electron chi connectivity index (χ1n) is 9.96. The van der Waals surface area contributed by atoms with Gasteiger partial charge in [-0.3, -0.25) is 10.00 Å². The second kappa shape index (κ2) is 7.29. The molecular formula is C20H24N6O4. The van der Waals surface area contributed by atoms with Crippen LogP contribution in [0.3, 0.4) is 0 Å². The number of carbonyl (C=O) groups excluding carboxylic acids is 1. The van der Waals surface area contributed by atoms with Crippen molar-refractivity contribution in [1.29, 1.82) is 0 Å². The molecule has 2 aliphatic rings. The van der Waals surface area contributed by atoms with Crippen molar-refractivity contribution in [2.75, 3.05) is 38.7 Å². The number of methoxy groups -OCH3 is 1. The fourth-order valence-corrected chi connectivity index (χ4v) is 4.11. The molecule has 2 aliphatic heterocycles. The summed E-state index contributed by atoms with van der Waals surface area (Å²) in [6.45, 7) is 2.37. The van der Waals surface area contributed by atoms with Crippen LogP contribution in [0, 0.1) is 0 Å². The van der Waals surface area contributed by atoms with Crippen LogP contribution in [-0.4, -0.2) is 69.9 Å². The van der Waals surface area contributed by atoms with E-state index in [1.165, 1.54) is 0 Å². The van der Waals surface area contributed by atoms with Gasteiger partial charge in [0, 0.05) is 50.3 Å². The summed E-state index contributed by atoms with van der Waals surface area (Å²) in [6.07, 6.45) is 5.04. The summed E-state index contributed by atoms with van der Waals surface area (Å²) in [6, 6.07) is 3.61. The van der Waals surface area contributed by atoms with Crippen LogP contribution in [0.1, 0.15) is 12.8 Å². The summed E-state index contributed by atoms with van der Waals surface area (Å²) < 4.78 is 18.7. The first-order valence-corrected chi connectivity index (χ1v) is 9.96. The molecule has 1 spiro atoms. The highest BCUT2D eigenvalue weighted by molar-refractivity contribution is 5.98. The van der Waals surface area contributed by atoms with E-state index in [1.54, 1.807) is 22.9 Å². The van der Waals surface area contributed by atoms with Crippen molar-refractivity contribution < 1.29 is 19.0 Å². The Hall–Kier alpha value is -3.11. The first kappa shape index (κ1) is 18.9. The minimum Gasteiger partial charge on any atom is -0.494 e. The molecule has 2 saturated heterocycles. The number of carbonyl (C=O) groups is 1. The number of piperidine rings is 1. The van der Waals surface area contributed by atoms with Gasteiger partial charge in [-0.15, -0.1) is 0 Å². The molecule has 0 atom stereocenters. The quantitative estimate of drug-likeness (QED) is 0.684. The van der Waals surface area contributed by atoms with E-state index in [4.69, 9.17) is 14.2 Å². The third-order valence-corrected chi connectivity index (χ3v) is 5.69. The summed E-state index contributed by atoms with van der Waals surface area (Å²) >= 11 is 0. The lowest BCUT2D eigenvalue weighted by atomic mass is 10.0. The molecule has 0 radical (unpaired) electrons. The molecule has 10 nitrogen and oxygen atoms in total. The molecule has 3 aromatic rings. The number of imidazole rings is 1. The minimum atomic E-state index is -0.512. The number of aromatic amines is 1. The van der Waals surface area contributed by atoms with Gasteiger partial charge >= 0.3 is 6.03 Å². The maximum Gasteiger partial charge on any atom is 0.324 e. The third-order valence-electron chi connectivity index (χ3n) is 5.69. The van der Waals surface area contributed by atoms with Crippen molar-refractivity contribution in [3.8, 4) is 16.9 Å². The average molecular weight is 412 g/mol. The van der Waals surface area contributed by atoms with Crippen molar-refractivity contribution in [2.24, 2.45) is 7.05 Å². The smallest absolute Gasteiger partial charge is 0.324 e. The Kier molecular flexibility index (Phi) is 4.59. The highest BCUT2D eigenvalue weighted by Gasteiger charge is 2.40. The fraction of sp³-hybridized carbons (Fsp3) is 0.450. The zero-order valence-corrected chi connectivity index (χ0v) is 17.0. The highest BCUT2D eigenvalue weighted by atomic mass is 16.7. The Morgan fingerprint density at radius 1 is 1.27 bits per heavy atom. The second-order valence-corrected chi connectivity index (χ2v) is 7.55. The highest BCUT2D eigenvalue weighted by Crippen LogP contribution is 2.34. The van der Waals surface area contributed by atoms with Crippen LogP contribution in [0.25, 0.3) is 22.2 Å². The predicted octanol–water partition coefficient (Wildman–Crippen LogP) is 2.34. The topological polar surface area (TPSA) is 107 Å². The van der Waals surface area contributed by atoms with Crippen molar-refractivity contribution in [1.82, 2.24) is 24.6 Å². The normalized spacial score (nSPS) is 18.3. The molecule has 0 bridgehead atoms. The molecule has 2 fully saturated rings. The van der Waals surface area contributed by atoms with Crippen LogP contribution in [0.2, 0.25) is 0 Å². The lowest BCUT2D eigenvalue weighted by molar-refractivity contribution is -0.181. The fourth-order valence-electron chi connectivity index (χ4n) is 4.11. The van der Waals surface area contributed by atoms with E-state index < -0.39 is 5.79 Å². The molecule has 4 heterocycles. The third kappa shape index (κ3) is 3.27. The standard InChI is InChI=1S/C20H24N6O4/c1-25-12-13(11-21-25)14-3-4-15(28-2)17-16(14)22-18(23-17)24-19(27)26-7-5-20(6-8-26)29-9-10-30-20/h3-4,11-12H,5-10H2,1-2H3,(H2,22,23,24,27). The largest absolute Gasteiger partial charge is 0.494 e. The monoisotopic (exact) mass is 412 g/mol. The lowest BCUT2D eigenvalue weighted by Crippen LogP contribution is -2.48. The second-order valence-electron chi connectivity index (χ2n) is 7.55. The van der Waals surface area contributed by atoms with Gasteiger partial charge in [0.25, 0.3) is 0 Å². The number of ether oxygens (including phenoxy) is 3. The molecule has 158 valence electrons. The number of anilines is 1. The van der Waals surface area contributed by atoms with E-state index >= 15 is 0 Å². The van der Waals surface area contributed by atoms with Gasteiger partial charge in [0.05, 0.1) is 26.5 Å². The average Bonchev–Trinajstić information content (AvgIpc) is 3.48. The van der Waals surface area contributed by atoms with E-state index in [0.29, 0.717) is 56.4 Å². The number of H-pyrrole nitrogens is 1. The molecule has 2 N–H and O–H groups in total. The van der Waals surface area contributed by atoms with E-state index in [2.05, 4.69) is 20.4 Å². The van der Waals surface area contributed by atoms with Crippen molar-refractivity contribution in [2.45, 2.75) is 18.6 Å². The summed E-state index contributed by atoms with van der Waals surface area (Å²) in [5, 5.41) is 7.12. The molecular weight excluding hydrogens is 388 g/mol. The number of aromatic nitrogens is 4. The Morgan fingerprint density at radius 2 is 2.03 bits per heavy atom. The number of rotatable bonds is 3. The lowest BCUT2D eigenvalue weighted by Gasteiger charge is -2.37. The number of hydrogen-bond acceptors (Lipinski definition) is 6. The van der Waals surface area contributed by atoms with Crippen molar-refractivity contribution in [3.05, 3.63) is 24.5 Å². The Bertz CT molecular complexity index is 1070. The Labute approximate surface area is 173 Å². The van der Waals surface area contributed by atoms with Crippen molar-refractivity contribution >= 4 is 23.0 Å². The van der Waals surface area contributed by atoms with Gasteiger partial charge in [0.15, 0.2) is 5.79 Å². The maximum absolute atomic E-state index is 12.8. The molecule has 0 unspecified atom stereocenters. The number of nitrogens with one attached hydrogen (secondary N) is 2. The summed E-state index contributed by atoms with van der Waals surface area (Å²) in [4.78, 5) is 22.4. The zero-order valence-electron chi connectivity index (χ0n) is 17.0. The molecule has 10 heteroatoms. The van der Waals surface area contributed by atoms with E-state index in [9.17, 15) is 4.79 Å². The molecule has 5 rings (SSSR count). The zero-order chi connectivity index (χ0) is 20.7. The van der Waals surface area contributed by atoms with E-state index in [0.717, 1.165) is 16.6 Å². The van der Waals surface area contributed by atoms with Gasteiger partial charge in [-0.05, 0) is 12.1 Å². The van der Waals surface area contributed by atoms with Gasteiger partial charge in [0.2, 0.25) is 5.95 Å². The molecule has 30 heavy (non-hydrogen) atoms. The number of amides is 2. The molecule has 1 aromatic carbocycles. The molecule has 2 aromatic heterocycles. The van der Waals surface area contributed by atoms with E-state index in [1.807, 2.05) is 25.4 Å². The Morgan fingerprint density at radius 3 is 2.70 bits per heavy atom. The number of fused-ring (bicyclic) bond motifs is 1. The van der Waals surface area contributed by atoms with E-state index in [-0.39, 0.29) is 6.03 Å². The van der Waals surface area contributed by atoms with Crippen LogP contribution in [0.4, 0.5) is 10.7 Å². The van der Waals surface area contributed by atoms with Gasteiger partial charge in [-0.25, -0.2) is 9.78 Å². The molecule has 0 saturated carbocycles. The number of likely N-dealkylation sites (tertiary alicyclic amines) is 1. The van der Waals surface area contributed by atoms with Gasteiger partial charge in [-0.1, -0.05) is 0 Å². The summed E-state index contributed by atoms with van der Waals surface area (Å²) in [7, 11) is 3.47. The van der Waals surface area contributed by atoms with Gasteiger partial charge in [0.1, 0.15) is 16.8 Å². The van der Waals surface area contributed by atoms with Gasteiger partial charge < -0.3 is 24.1 Å². The number of aryl methyl sites for hydroxylation is 1. The molecule has 2 amide bonds. The van der Waals surface area contributed by atoms with Crippen LogP contribution in [0.15, 0.2) is 24.5 Å². The van der Waals surface area contributed by atoms with Crippen LogP contribution < -0.4 is 10.1 Å². The number of hydrogen-bond donors (Lipinski definition) is 2. The number of nitrogens with zero attached hydrogens (tertiary/aromatic N) is 4. The van der Waals surface area contributed by atoms with Gasteiger partial charge in [-0.2, -0.15) is 5.10 Å². The number of benzene rings is 1. The summed E-state index contributed by atoms with van der Waals surface area (Å²) in [5.41, 5.74) is 3.28. The maximum atomic E-state index is 12.8.